The summed E-state index contributed by atoms with van der Waals surface area (Å²) < 4.78 is 5.67. The monoisotopic (exact) mass is 248 g/mol. The van der Waals surface area contributed by atoms with Gasteiger partial charge in [0.25, 0.3) is 0 Å². The number of carbonyl (C=O) groups excluding carboxylic acids is 1. The van der Waals surface area contributed by atoms with Crippen molar-refractivity contribution < 1.29 is 9.53 Å². The van der Waals surface area contributed by atoms with E-state index in [4.69, 9.17) is 4.74 Å². The summed E-state index contributed by atoms with van der Waals surface area (Å²) in [5.41, 5.74) is 0. The third kappa shape index (κ3) is 2.87. The van der Waals surface area contributed by atoms with Crippen molar-refractivity contribution >= 4 is 18.3 Å². The second-order valence-corrected chi connectivity index (χ2v) is 4.74. The van der Waals surface area contributed by atoms with Crippen molar-refractivity contribution in [2.45, 2.75) is 32.4 Å². The highest BCUT2D eigenvalue weighted by Crippen LogP contribution is 2.21. The Kier molecular flexibility index (Phi) is 5.02. The molecular formula is C11H21ClN2O2. The summed E-state index contributed by atoms with van der Waals surface area (Å²) in [4.78, 5) is 13.7. The first kappa shape index (κ1) is 13.7. The third-order valence-corrected chi connectivity index (χ3v) is 3.33. The fourth-order valence-corrected chi connectivity index (χ4v) is 2.41. The van der Waals surface area contributed by atoms with Crippen LogP contribution in [0.1, 0.15) is 20.3 Å². The topological polar surface area (TPSA) is 41.6 Å². The maximum absolute atomic E-state index is 11.8. The maximum Gasteiger partial charge on any atom is 0.248 e. The quantitative estimate of drug-likeness (QED) is 0.741. The number of ether oxygens (including phenoxy) is 1. The van der Waals surface area contributed by atoms with Gasteiger partial charge in [0, 0.05) is 25.0 Å². The molecule has 5 heteroatoms. The molecule has 1 N–H and O–H groups in total. The Balaban J connectivity index is 0.00000128. The van der Waals surface area contributed by atoms with E-state index in [-0.39, 0.29) is 37.1 Å². The molecule has 4 nitrogen and oxygen atoms in total. The molecule has 1 amide bonds. The predicted molar refractivity (Wildman–Crippen MR) is 64.8 cm³/mol. The molecule has 0 unspecified atom stereocenters. The van der Waals surface area contributed by atoms with Gasteiger partial charge in [-0.1, -0.05) is 0 Å². The summed E-state index contributed by atoms with van der Waals surface area (Å²) in [5, 5.41) is 3.37. The maximum atomic E-state index is 11.8. The Labute approximate surface area is 103 Å². The number of hydrogen-bond acceptors (Lipinski definition) is 3. The van der Waals surface area contributed by atoms with Gasteiger partial charge in [-0.3, -0.25) is 4.79 Å². The van der Waals surface area contributed by atoms with Crippen LogP contribution in [0.2, 0.25) is 0 Å². The van der Waals surface area contributed by atoms with E-state index in [9.17, 15) is 4.79 Å². The van der Waals surface area contributed by atoms with Crippen molar-refractivity contribution in [2.24, 2.45) is 5.92 Å². The number of piperidine rings is 1. The summed E-state index contributed by atoms with van der Waals surface area (Å²) in [6.45, 7) is 7.22. The molecule has 16 heavy (non-hydrogen) atoms. The van der Waals surface area contributed by atoms with Gasteiger partial charge in [-0.15, -0.1) is 12.4 Å². The zero-order valence-electron chi connectivity index (χ0n) is 9.94. The van der Waals surface area contributed by atoms with Crippen molar-refractivity contribution in [3.05, 3.63) is 0 Å². The number of nitrogens with zero attached hydrogens (tertiary/aromatic N) is 1. The predicted octanol–water partition coefficient (Wildman–Crippen LogP) is 0.653. The van der Waals surface area contributed by atoms with Crippen LogP contribution in [0.5, 0.6) is 0 Å². The van der Waals surface area contributed by atoms with E-state index in [1.807, 2.05) is 4.90 Å². The van der Waals surface area contributed by atoms with Crippen LogP contribution in [-0.4, -0.2) is 49.2 Å². The molecule has 2 fully saturated rings. The van der Waals surface area contributed by atoms with Crippen LogP contribution < -0.4 is 5.32 Å². The summed E-state index contributed by atoms with van der Waals surface area (Å²) >= 11 is 0. The highest BCUT2D eigenvalue weighted by Gasteiger charge is 2.33. The molecule has 2 aliphatic heterocycles. The molecule has 2 aliphatic rings. The second-order valence-electron chi connectivity index (χ2n) is 4.74. The Morgan fingerprint density at radius 2 is 2.25 bits per heavy atom. The SMILES string of the molecule is CC(C)N1C[C@H]2CNCC[C@@H]2OCC1=O.Cl. The van der Waals surface area contributed by atoms with E-state index in [1.54, 1.807) is 0 Å². The van der Waals surface area contributed by atoms with Gasteiger partial charge in [0.2, 0.25) is 5.91 Å². The molecule has 2 heterocycles. The molecule has 2 atom stereocenters. The molecule has 0 aliphatic carbocycles. The van der Waals surface area contributed by atoms with Crippen LogP contribution in [-0.2, 0) is 9.53 Å². The van der Waals surface area contributed by atoms with Gasteiger partial charge in [0.1, 0.15) is 6.61 Å². The van der Waals surface area contributed by atoms with Crippen molar-refractivity contribution in [2.75, 3.05) is 26.2 Å². The van der Waals surface area contributed by atoms with E-state index in [0.717, 1.165) is 26.1 Å². The first-order valence-electron chi connectivity index (χ1n) is 5.80. The van der Waals surface area contributed by atoms with Crippen LogP contribution in [0.4, 0.5) is 0 Å². The Morgan fingerprint density at radius 3 is 2.94 bits per heavy atom. The highest BCUT2D eigenvalue weighted by atomic mass is 35.5. The summed E-state index contributed by atoms with van der Waals surface area (Å²) in [7, 11) is 0. The van der Waals surface area contributed by atoms with Crippen LogP contribution in [0.3, 0.4) is 0 Å². The van der Waals surface area contributed by atoms with E-state index in [1.165, 1.54) is 0 Å². The second kappa shape index (κ2) is 5.84. The van der Waals surface area contributed by atoms with Crippen molar-refractivity contribution in [1.82, 2.24) is 10.2 Å². The molecule has 0 spiro atoms. The largest absolute Gasteiger partial charge is 0.368 e. The molecule has 0 saturated carbocycles. The number of rotatable bonds is 1. The van der Waals surface area contributed by atoms with Crippen LogP contribution >= 0.6 is 12.4 Å². The number of halogens is 1. The fourth-order valence-electron chi connectivity index (χ4n) is 2.41. The number of hydrogen-bond donors (Lipinski definition) is 1. The van der Waals surface area contributed by atoms with Gasteiger partial charge in [0.05, 0.1) is 6.10 Å². The lowest BCUT2D eigenvalue weighted by Crippen LogP contribution is -2.46. The number of carbonyl (C=O) groups is 1. The van der Waals surface area contributed by atoms with Gasteiger partial charge in [-0.2, -0.15) is 0 Å². The van der Waals surface area contributed by atoms with E-state index < -0.39 is 0 Å². The van der Waals surface area contributed by atoms with Crippen molar-refractivity contribution in [1.29, 1.82) is 0 Å². The number of fused-ring (bicyclic) bond motifs is 1. The lowest BCUT2D eigenvalue weighted by atomic mass is 9.95. The summed E-state index contributed by atoms with van der Waals surface area (Å²) in [6.07, 6.45) is 1.31. The van der Waals surface area contributed by atoms with E-state index in [0.29, 0.717) is 5.92 Å². The van der Waals surface area contributed by atoms with Crippen molar-refractivity contribution in [3.8, 4) is 0 Å². The van der Waals surface area contributed by atoms with Gasteiger partial charge in [0.15, 0.2) is 0 Å². The average molecular weight is 249 g/mol. The Hall–Kier alpha value is -0.320. The number of nitrogens with one attached hydrogen (secondary N) is 1. The van der Waals surface area contributed by atoms with E-state index in [2.05, 4.69) is 19.2 Å². The molecule has 2 rings (SSSR count). The van der Waals surface area contributed by atoms with Gasteiger partial charge in [-0.25, -0.2) is 0 Å². The number of amides is 1. The van der Waals surface area contributed by atoms with Crippen LogP contribution in [0.25, 0.3) is 0 Å². The zero-order chi connectivity index (χ0) is 10.8. The molecule has 2 saturated heterocycles. The van der Waals surface area contributed by atoms with Gasteiger partial charge < -0.3 is 15.0 Å². The lowest BCUT2D eigenvalue weighted by molar-refractivity contribution is -0.136. The van der Waals surface area contributed by atoms with Gasteiger partial charge in [-0.05, 0) is 26.8 Å². The highest BCUT2D eigenvalue weighted by molar-refractivity contribution is 5.85. The average Bonchev–Trinajstić information content (AvgIpc) is 2.39. The lowest BCUT2D eigenvalue weighted by Gasteiger charge is -2.33. The first-order chi connectivity index (χ1) is 7.18. The molecule has 0 aromatic rings. The van der Waals surface area contributed by atoms with Crippen LogP contribution in [0, 0.1) is 5.92 Å². The molecule has 0 aromatic carbocycles. The fraction of sp³-hybridized carbons (Fsp3) is 0.909. The Bertz CT molecular complexity index is 248. The molecular weight excluding hydrogens is 228 g/mol. The van der Waals surface area contributed by atoms with Crippen molar-refractivity contribution in [3.63, 3.8) is 0 Å². The smallest absolute Gasteiger partial charge is 0.248 e. The summed E-state index contributed by atoms with van der Waals surface area (Å²) in [5.74, 6) is 0.604. The minimum atomic E-state index is 0. The van der Waals surface area contributed by atoms with Crippen LogP contribution in [0.15, 0.2) is 0 Å². The minimum absolute atomic E-state index is 0. The molecule has 0 radical (unpaired) electrons. The summed E-state index contributed by atoms with van der Waals surface area (Å²) in [6, 6.07) is 0.279. The van der Waals surface area contributed by atoms with E-state index >= 15 is 0 Å². The normalized spacial score (nSPS) is 30.7. The molecule has 94 valence electrons. The molecule has 0 aromatic heterocycles. The molecule has 0 bridgehead atoms. The van der Waals surface area contributed by atoms with Gasteiger partial charge >= 0.3 is 0 Å². The zero-order valence-corrected chi connectivity index (χ0v) is 10.8. The Morgan fingerprint density at radius 1 is 1.50 bits per heavy atom. The first-order valence-corrected chi connectivity index (χ1v) is 5.80. The standard InChI is InChI=1S/C11H20N2O2.ClH/c1-8(2)13-6-9-5-12-4-3-10(9)15-7-11(13)14;/h8-10,12H,3-7H2,1-2H3;1H/t9-,10+;/m1./s1. The minimum Gasteiger partial charge on any atom is -0.368 e. The third-order valence-electron chi connectivity index (χ3n) is 3.33.